The Morgan fingerprint density at radius 2 is 1.62 bits per heavy atom. The predicted molar refractivity (Wildman–Crippen MR) is 194 cm³/mol. The van der Waals surface area contributed by atoms with Gasteiger partial charge >= 0.3 is 12.8 Å². The molecule has 4 rings (SSSR count). The standard InChI is InChI=1S/C35H40N8O6.CHF3/c1-22(2)41-32-34(46)43(29(19-40-32)26-15-27(17-28(36)16-26)33(45)38-13-14-48-3)20-30(44)39-18-23-9-11-25(12-10-23)31(37)42-35(47)49-21-24-7-5-4-6-8-24;2-1(3)4/h4-12,15-17,19,22H,13-14,18,20-21,36H2,1-3H3,(H,38,45)(H,39,44)(H,40,41)(H2,37,42,47);1H. The van der Waals surface area contributed by atoms with Crippen molar-refractivity contribution in [2.24, 2.45) is 10.7 Å². The number of halogens is 3. The zero-order chi connectivity index (χ0) is 38.9. The van der Waals surface area contributed by atoms with Crippen LogP contribution in [-0.2, 0) is 34.0 Å². The Morgan fingerprint density at radius 3 is 2.26 bits per heavy atom. The van der Waals surface area contributed by atoms with E-state index in [1.807, 2.05) is 44.2 Å². The number of nitrogen functional groups attached to an aromatic ring is 1. The third-order valence-electron chi connectivity index (χ3n) is 7.04. The summed E-state index contributed by atoms with van der Waals surface area (Å²) in [7, 11) is 1.53. The number of anilines is 2. The van der Waals surface area contributed by atoms with Crippen molar-refractivity contribution in [3.63, 3.8) is 0 Å². The van der Waals surface area contributed by atoms with Gasteiger partial charge in [0.15, 0.2) is 5.82 Å². The van der Waals surface area contributed by atoms with E-state index in [4.69, 9.17) is 20.9 Å². The minimum atomic E-state index is -3.67. The maximum Gasteiger partial charge on any atom is 0.435 e. The number of aromatic nitrogens is 2. The lowest BCUT2D eigenvalue weighted by molar-refractivity contribution is -0.121. The van der Waals surface area contributed by atoms with Crippen molar-refractivity contribution in [3.05, 3.63) is 112 Å². The molecule has 0 aliphatic rings. The van der Waals surface area contributed by atoms with Gasteiger partial charge in [0.05, 0.1) is 18.5 Å². The molecule has 53 heavy (non-hydrogen) atoms. The Labute approximate surface area is 303 Å². The van der Waals surface area contributed by atoms with Gasteiger partial charge in [-0.05, 0) is 43.2 Å². The topological polar surface area (TPSA) is 205 Å². The van der Waals surface area contributed by atoms with E-state index in [0.29, 0.717) is 35.7 Å². The second kappa shape index (κ2) is 20.6. The highest BCUT2D eigenvalue weighted by Crippen LogP contribution is 2.23. The van der Waals surface area contributed by atoms with E-state index in [2.05, 4.69) is 25.9 Å². The van der Waals surface area contributed by atoms with Gasteiger partial charge in [-0.1, -0.05) is 54.6 Å². The number of nitrogens with two attached hydrogens (primary N) is 2. The van der Waals surface area contributed by atoms with Crippen molar-refractivity contribution in [3.8, 4) is 11.3 Å². The van der Waals surface area contributed by atoms with Crippen LogP contribution in [-0.4, -0.2) is 66.3 Å². The maximum atomic E-state index is 13.6. The number of rotatable bonds is 14. The number of alkyl halides is 3. The smallest absolute Gasteiger partial charge is 0.435 e. The minimum Gasteiger partial charge on any atom is -0.443 e. The van der Waals surface area contributed by atoms with E-state index in [9.17, 15) is 32.3 Å². The molecule has 1 aromatic heterocycles. The van der Waals surface area contributed by atoms with Crippen molar-refractivity contribution in [1.29, 1.82) is 0 Å². The summed E-state index contributed by atoms with van der Waals surface area (Å²) in [6.07, 6.45) is 0.651. The number of ether oxygens (including phenoxy) is 2. The van der Waals surface area contributed by atoms with Crippen LogP contribution in [0.15, 0.2) is 88.8 Å². The summed E-state index contributed by atoms with van der Waals surface area (Å²) in [6, 6.07) is 20.6. The summed E-state index contributed by atoms with van der Waals surface area (Å²) in [4.78, 5) is 59.7. The molecule has 1 heterocycles. The second-order valence-electron chi connectivity index (χ2n) is 11.5. The fraction of sp³-hybridized carbons (Fsp3) is 0.278. The van der Waals surface area contributed by atoms with Crippen molar-refractivity contribution in [2.75, 3.05) is 31.3 Å². The second-order valence-corrected chi connectivity index (χ2v) is 11.5. The average Bonchev–Trinajstić information content (AvgIpc) is 3.11. The number of hydrogen-bond acceptors (Lipinski definition) is 9. The van der Waals surface area contributed by atoms with E-state index >= 15 is 0 Å². The number of methoxy groups -OCH3 is 1. The molecule has 0 aliphatic carbocycles. The highest BCUT2D eigenvalue weighted by molar-refractivity contribution is 6.02. The largest absolute Gasteiger partial charge is 0.443 e. The molecule has 4 aromatic rings. The highest BCUT2D eigenvalue weighted by Gasteiger charge is 2.18. The van der Waals surface area contributed by atoms with Gasteiger partial charge in [-0.25, -0.2) is 9.78 Å². The lowest BCUT2D eigenvalue weighted by atomic mass is 10.1. The maximum absolute atomic E-state index is 13.6. The van der Waals surface area contributed by atoms with Crippen LogP contribution in [0.1, 0.15) is 40.9 Å². The highest BCUT2D eigenvalue weighted by atomic mass is 19.4. The van der Waals surface area contributed by atoms with E-state index in [1.165, 1.54) is 23.9 Å². The first kappa shape index (κ1) is 41.2. The number of benzene rings is 3. The number of aliphatic imine (C=N–C) groups is 1. The van der Waals surface area contributed by atoms with Crippen LogP contribution in [0.2, 0.25) is 0 Å². The molecule has 0 spiro atoms. The fourth-order valence-corrected chi connectivity index (χ4v) is 4.65. The summed E-state index contributed by atoms with van der Waals surface area (Å²) in [5.41, 5.74) is 15.0. The summed E-state index contributed by atoms with van der Waals surface area (Å²) in [5.74, 6) is -0.754. The predicted octanol–water partition coefficient (Wildman–Crippen LogP) is 4.23. The van der Waals surface area contributed by atoms with Crippen LogP contribution in [0.4, 0.5) is 29.5 Å². The van der Waals surface area contributed by atoms with Gasteiger partial charge in [-0.3, -0.25) is 19.0 Å². The number of amides is 3. The molecule has 282 valence electrons. The Bertz CT molecular complexity index is 1920. The van der Waals surface area contributed by atoms with Crippen LogP contribution in [0.25, 0.3) is 11.3 Å². The molecule has 7 N–H and O–H groups in total. The first-order valence-corrected chi connectivity index (χ1v) is 16.1. The Kier molecular flexibility index (Phi) is 16.0. The van der Waals surface area contributed by atoms with Gasteiger partial charge in [0.1, 0.15) is 19.0 Å². The number of carbonyl (C=O) groups is 3. The first-order valence-electron chi connectivity index (χ1n) is 16.1. The average molecular weight is 739 g/mol. The minimum absolute atomic E-state index is 0.0128. The molecule has 0 atom stereocenters. The number of nitrogens with zero attached hydrogens (tertiary/aromatic N) is 3. The lowest BCUT2D eigenvalue weighted by Crippen LogP contribution is -2.35. The number of amidine groups is 1. The van der Waals surface area contributed by atoms with Crippen molar-refractivity contribution in [2.45, 2.75) is 46.3 Å². The molecule has 3 amide bonds. The van der Waals surface area contributed by atoms with Crippen molar-refractivity contribution >= 4 is 35.2 Å². The molecule has 17 heteroatoms. The summed E-state index contributed by atoms with van der Waals surface area (Å²) < 4.78 is 40.4. The van der Waals surface area contributed by atoms with Gasteiger partial charge < -0.3 is 36.9 Å². The summed E-state index contributed by atoms with van der Waals surface area (Å²) >= 11 is 0. The normalized spacial score (nSPS) is 11.1. The number of nitrogens with one attached hydrogen (secondary N) is 3. The molecule has 0 bridgehead atoms. The number of carbonyl (C=O) groups excluding carboxylic acids is 3. The van der Waals surface area contributed by atoms with Gasteiger partial charge in [-0.15, -0.1) is 0 Å². The fourth-order valence-electron chi connectivity index (χ4n) is 4.65. The summed E-state index contributed by atoms with van der Waals surface area (Å²) in [6.45, 7) is 0.575. The molecule has 0 radical (unpaired) electrons. The Hall–Kier alpha value is -6.23. The van der Waals surface area contributed by atoms with E-state index in [-0.39, 0.29) is 48.9 Å². The molecule has 0 unspecified atom stereocenters. The molecule has 14 nitrogen and oxygen atoms in total. The van der Waals surface area contributed by atoms with Crippen LogP contribution < -0.4 is 33.0 Å². The first-order chi connectivity index (χ1) is 25.3. The van der Waals surface area contributed by atoms with Crippen molar-refractivity contribution in [1.82, 2.24) is 20.2 Å². The third kappa shape index (κ3) is 13.8. The number of hydrogen-bond donors (Lipinski definition) is 5. The Morgan fingerprint density at radius 1 is 0.943 bits per heavy atom. The van der Waals surface area contributed by atoms with E-state index in [0.717, 1.165) is 11.1 Å². The quantitative estimate of drug-likeness (QED) is 0.0539. The van der Waals surface area contributed by atoms with Crippen molar-refractivity contribution < 1.29 is 37.0 Å². The van der Waals surface area contributed by atoms with E-state index < -0.39 is 24.2 Å². The Balaban J connectivity index is 0.00000180. The van der Waals surface area contributed by atoms with Gasteiger partial charge in [-0.2, -0.15) is 18.2 Å². The van der Waals surface area contributed by atoms with Gasteiger partial charge in [0, 0.05) is 48.6 Å². The van der Waals surface area contributed by atoms with Gasteiger partial charge in [0.2, 0.25) is 5.91 Å². The molecule has 0 saturated heterocycles. The zero-order valence-electron chi connectivity index (χ0n) is 29.3. The van der Waals surface area contributed by atoms with Crippen LogP contribution in [0, 0.1) is 0 Å². The molecule has 3 aromatic carbocycles. The molecular weight excluding hydrogens is 697 g/mol. The molecular formula is C36H41F3N8O6. The van der Waals surface area contributed by atoms with Crippen LogP contribution >= 0.6 is 0 Å². The van der Waals surface area contributed by atoms with Crippen LogP contribution in [0.5, 0.6) is 0 Å². The van der Waals surface area contributed by atoms with Gasteiger partial charge in [0.25, 0.3) is 11.5 Å². The zero-order valence-corrected chi connectivity index (χ0v) is 29.3. The van der Waals surface area contributed by atoms with Crippen LogP contribution in [0.3, 0.4) is 0 Å². The molecule has 0 aliphatic heterocycles. The molecule has 0 saturated carbocycles. The monoisotopic (exact) mass is 738 g/mol. The molecule has 0 fully saturated rings. The third-order valence-corrected chi connectivity index (χ3v) is 7.04. The van der Waals surface area contributed by atoms with E-state index in [1.54, 1.807) is 36.4 Å². The summed E-state index contributed by atoms with van der Waals surface area (Å²) in [5, 5.41) is 8.57. The lowest BCUT2D eigenvalue weighted by Gasteiger charge is -2.17. The SMILES string of the molecule is COCCNC(=O)c1cc(N)cc(-c2cnc(NC(C)C)c(=O)n2CC(=O)NCc2ccc(/C(N)=N/C(=O)OCc3ccccc3)cc2)c1.FC(F)F.